The van der Waals surface area contributed by atoms with Crippen molar-refractivity contribution in [3.63, 3.8) is 0 Å². The second kappa shape index (κ2) is 5.41. The predicted molar refractivity (Wildman–Crippen MR) is 85.7 cm³/mol. The van der Waals surface area contributed by atoms with Crippen LogP contribution in [0.4, 0.5) is 5.82 Å². The van der Waals surface area contributed by atoms with E-state index in [-0.39, 0.29) is 11.6 Å². The minimum atomic E-state index is -3.65. The Kier molecular flexibility index (Phi) is 3.74. The van der Waals surface area contributed by atoms with Gasteiger partial charge in [-0.2, -0.15) is 0 Å². The van der Waals surface area contributed by atoms with Crippen LogP contribution < -0.4 is 10.0 Å². The first-order valence-electron chi connectivity index (χ1n) is 6.19. The first-order chi connectivity index (χ1) is 10.0. The van der Waals surface area contributed by atoms with Crippen LogP contribution in [-0.4, -0.2) is 24.9 Å². The summed E-state index contributed by atoms with van der Waals surface area (Å²) in [4.78, 5) is 5.93. The minimum absolute atomic E-state index is 0.149. The first-order valence-corrected chi connectivity index (χ1v) is 9.43. The van der Waals surface area contributed by atoms with Crippen molar-refractivity contribution in [3.8, 4) is 0 Å². The summed E-state index contributed by atoms with van der Waals surface area (Å²) in [5.41, 5.74) is 1.09. The smallest absolute Gasteiger partial charge is 0.260 e. The molecule has 0 bridgehead atoms. The van der Waals surface area contributed by atoms with Gasteiger partial charge >= 0.3 is 0 Å². The molecule has 0 amide bonds. The van der Waals surface area contributed by atoms with Gasteiger partial charge in [0.15, 0.2) is 15.8 Å². The molecule has 0 spiro atoms. The molecule has 2 N–H and O–H groups in total. The molecule has 0 atom stereocenters. The molecule has 0 aliphatic carbocycles. The molecule has 0 aliphatic heterocycles. The van der Waals surface area contributed by atoms with E-state index in [9.17, 15) is 8.42 Å². The van der Waals surface area contributed by atoms with Gasteiger partial charge in [-0.15, -0.1) is 22.7 Å². The van der Waals surface area contributed by atoms with Crippen LogP contribution in [0.1, 0.15) is 10.4 Å². The summed E-state index contributed by atoms with van der Waals surface area (Å²) in [6.45, 7) is 2.25. The van der Waals surface area contributed by atoms with Crippen LogP contribution >= 0.6 is 22.7 Å². The summed E-state index contributed by atoms with van der Waals surface area (Å²) >= 11 is 2.93. The Labute approximate surface area is 130 Å². The highest BCUT2D eigenvalue weighted by Crippen LogP contribution is 2.25. The van der Waals surface area contributed by atoms with Crippen LogP contribution in [-0.2, 0) is 16.6 Å². The van der Waals surface area contributed by atoms with Crippen LogP contribution in [0, 0.1) is 6.92 Å². The van der Waals surface area contributed by atoms with Gasteiger partial charge in [-0.05, 0) is 23.9 Å². The Morgan fingerprint density at radius 1 is 1.33 bits per heavy atom. The van der Waals surface area contributed by atoms with E-state index in [2.05, 4.69) is 15.0 Å². The van der Waals surface area contributed by atoms with E-state index in [1.54, 1.807) is 17.6 Å². The molecule has 0 aliphatic rings. The van der Waals surface area contributed by atoms with Gasteiger partial charge in [0.1, 0.15) is 0 Å². The van der Waals surface area contributed by atoms with Crippen LogP contribution in [0.25, 0.3) is 4.96 Å². The van der Waals surface area contributed by atoms with Crippen LogP contribution in [0.5, 0.6) is 0 Å². The van der Waals surface area contributed by atoms with Gasteiger partial charge < -0.3 is 5.32 Å². The maximum atomic E-state index is 12.6. The molecule has 0 fully saturated rings. The molecule has 112 valence electrons. The fraction of sp³-hybridized carbons (Fsp3) is 0.250. The van der Waals surface area contributed by atoms with Crippen molar-refractivity contribution < 1.29 is 8.42 Å². The van der Waals surface area contributed by atoms with Gasteiger partial charge in [0, 0.05) is 30.0 Å². The molecule has 0 radical (unpaired) electrons. The van der Waals surface area contributed by atoms with Crippen molar-refractivity contribution in [2.24, 2.45) is 0 Å². The summed E-state index contributed by atoms with van der Waals surface area (Å²) in [5, 5.41) is 6.75. The van der Waals surface area contributed by atoms with E-state index in [0.717, 1.165) is 10.4 Å². The topological polar surface area (TPSA) is 75.5 Å². The van der Waals surface area contributed by atoms with E-state index in [1.807, 2.05) is 23.8 Å². The first kappa shape index (κ1) is 14.5. The average Bonchev–Trinajstić information content (AvgIpc) is 3.10. The predicted octanol–water partition coefficient (Wildman–Crippen LogP) is 2.29. The maximum Gasteiger partial charge on any atom is 0.260 e. The lowest BCUT2D eigenvalue weighted by Crippen LogP contribution is -2.25. The number of nitrogens with one attached hydrogen (secondary N) is 2. The number of hydrogen-bond donors (Lipinski definition) is 2. The highest BCUT2D eigenvalue weighted by atomic mass is 32.2. The van der Waals surface area contributed by atoms with E-state index >= 15 is 0 Å². The van der Waals surface area contributed by atoms with E-state index in [1.165, 1.54) is 22.7 Å². The Bertz CT molecular complexity index is 875. The Morgan fingerprint density at radius 3 is 2.81 bits per heavy atom. The largest absolute Gasteiger partial charge is 0.371 e. The summed E-state index contributed by atoms with van der Waals surface area (Å²) < 4.78 is 29.4. The highest BCUT2D eigenvalue weighted by molar-refractivity contribution is 7.89. The van der Waals surface area contributed by atoms with Gasteiger partial charge in [-0.25, -0.2) is 18.1 Å². The molecule has 21 heavy (non-hydrogen) atoms. The number of aryl methyl sites for hydroxylation is 1. The number of thiazole rings is 1. The lowest BCUT2D eigenvalue weighted by Gasteiger charge is -2.07. The molecule has 0 saturated heterocycles. The Morgan fingerprint density at radius 2 is 2.14 bits per heavy atom. The normalized spacial score (nSPS) is 12.1. The van der Waals surface area contributed by atoms with E-state index in [0.29, 0.717) is 10.8 Å². The van der Waals surface area contributed by atoms with Crippen molar-refractivity contribution in [2.75, 3.05) is 12.4 Å². The van der Waals surface area contributed by atoms with Crippen LogP contribution in [0.3, 0.4) is 0 Å². The molecule has 9 heteroatoms. The second-order valence-corrected chi connectivity index (χ2v) is 7.98. The number of imidazole rings is 1. The van der Waals surface area contributed by atoms with Crippen molar-refractivity contribution in [1.82, 2.24) is 14.1 Å². The second-order valence-electron chi connectivity index (χ2n) is 4.42. The number of sulfonamides is 1. The zero-order valence-electron chi connectivity index (χ0n) is 11.5. The molecule has 3 aromatic heterocycles. The number of hydrogen-bond acceptors (Lipinski definition) is 6. The van der Waals surface area contributed by atoms with Crippen molar-refractivity contribution in [1.29, 1.82) is 0 Å². The van der Waals surface area contributed by atoms with Gasteiger partial charge in [-0.1, -0.05) is 0 Å². The highest BCUT2D eigenvalue weighted by Gasteiger charge is 2.25. The van der Waals surface area contributed by atoms with E-state index < -0.39 is 10.0 Å². The standard InChI is InChI=1S/C12H14N4O2S3/c1-8-3-5-19-9(8)7-14-21(17,18)11-10(13-2)15-12-16(11)4-6-20-12/h3-6,13-14H,7H2,1-2H3. The quantitative estimate of drug-likeness (QED) is 0.746. The number of thiophene rings is 1. The fourth-order valence-electron chi connectivity index (χ4n) is 2.00. The summed E-state index contributed by atoms with van der Waals surface area (Å²) in [5.74, 6) is 0.359. The van der Waals surface area contributed by atoms with Crippen molar-refractivity contribution in [3.05, 3.63) is 33.5 Å². The molecular weight excluding hydrogens is 328 g/mol. The minimum Gasteiger partial charge on any atom is -0.371 e. The van der Waals surface area contributed by atoms with Crippen LogP contribution in [0.15, 0.2) is 28.0 Å². The third-order valence-electron chi connectivity index (χ3n) is 3.10. The van der Waals surface area contributed by atoms with Crippen LogP contribution in [0.2, 0.25) is 0 Å². The van der Waals surface area contributed by atoms with Gasteiger partial charge in [-0.3, -0.25) is 4.40 Å². The van der Waals surface area contributed by atoms with Crippen molar-refractivity contribution in [2.45, 2.75) is 18.5 Å². The summed E-state index contributed by atoms with van der Waals surface area (Å²) in [6.07, 6.45) is 1.71. The Hall–Kier alpha value is -1.42. The number of aromatic nitrogens is 2. The Balaban J connectivity index is 1.96. The molecule has 0 saturated carbocycles. The third-order valence-corrected chi connectivity index (χ3v) is 6.30. The summed E-state index contributed by atoms with van der Waals surface area (Å²) in [6, 6.07) is 1.98. The lowest BCUT2D eigenvalue weighted by molar-refractivity contribution is 0.577. The molecule has 3 heterocycles. The van der Waals surface area contributed by atoms with E-state index in [4.69, 9.17) is 0 Å². The SMILES string of the molecule is CNc1nc2sccn2c1S(=O)(=O)NCc1sccc1C. The zero-order valence-corrected chi connectivity index (χ0v) is 13.9. The molecule has 6 nitrogen and oxygen atoms in total. The molecule has 3 aromatic rings. The van der Waals surface area contributed by atoms with Gasteiger partial charge in [0.25, 0.3) is 10.0 Å². The number of rotatable bonds is 5. The molecule has 3 rings (SSSR count). The summed E-state index contributed by atoms with van der Waals surface area (Å²) in [7, 11) is -1.99. The van der Waals surface area contributed by atoms with Crippen molar-refractivity contribution >= 4 is 43.5 Å². The number of nitrogens with zero attached hydrogens (tertiary/aromatic N) is 2. The molecular formula is C12H14N4O2S3. The van der Waals surface area contributed by atoms with Gasteiger partial charge in [0.05, 0.1) is 0 Å². The molecule has 0 aromatic carbocycles. The fourth-order valence-corrected chi connectivity index (χ4v) is 4.99. The number of anilines is 1. The van der Waals surface area contributed by atoms with Gasteiger partial charge in [0.2, 0.25) is 0 Å². The molecule has 0 unspecified atom stereocenters. The average molecular weight is 342 g/mol. The monoisotopic (exact) mass is 342 g/mol. The maximum absolute atomic E-state index is 12.6. The lowest BCUT2D eigenvalue weighted by atomic mass is 10.3. The number of fused-ring (bicyclic) bond motifs is 1. The third kappa shape index (κ3) is 2.57. The zero-order chi connectivity index (χ0) is 15.0.